The Morgan fingerprint density at radius 1 is 1.14 bits per heavy atom. The van der Waals surface area contributed by atoms with E-state index in [1.807, 2.05) is 0 Å². The maximum absolute atomic E-state index is 13.0. The van der Waals surface area contributed by atoms with Crippen molar-refractivity contribution in [3.63, 3.8) is 0 Å². The standard InChI is InChI=1S/C19H20N4O5S/c1-2-19(13-7-4-3-5-8-13)17(25)23(18(26)22-19)12-16(24)21-14-9-6-10-15(11-14)29(20,27)28/h3-11H,2,12H2,1H3,(H,21,24)(H,22,26)(H2,20,27,28)/t19-/m1/s1. The van der Waals surface area contributed by atoms with Crippen molar-refractivity contribution in [2.75, 3.05) is 11.9 Å². The van der Waals surface area contributed by atoms with Gasteiger partial charge in [0.2, 0.25) is 15.9 Å². The summed E-state index contributed by atoms with van der Waals surface area (Å²) in [5.74, 6) is -1.18. The van der Waals surface area contributed by atoms with Crippen LogP contribution in [-0.4, -0.2) is 37.7 Å². The van der Waals surface area contributed by atoms with Crippen molar-refractivity contribution in [1.29, 1.82) is 0 Å². The van der Waals surface area contributed by atoms with E-state index in [0.717, 1.165) is 4.90 Å². The molecule has 1 atom stereocenters. The molecular formula is C19H20N4O5S. The normalized spacial score (nSPS) is 19.2. The summed E-state index contributed by atoms with van der Waals surface area (Å²) in [5.41, 5.74) is -0.422. The Balaban J connectivity index is 1.78. The van der Waals surface area contributed by atoms with Crippen molar-refractivity contribution in [2.24, 2.45) is 5.14 Å². The van der Waals surface area contributed by atoms with Gasteiger partial charge in [0.15, 0.2) is 0 Å². The lowest BCUT2D eigenvalue weighted by molar-refractivity contribution is -0.134. The third kappa shape index (κ3) is 3.98. The number of nitrogens with zero attached hydrogens (tertiary/aromatic N) is 1. The molecule has 1 heterocycles. The second-order valence-corrected chi connectivity index (χ2v) is 8.13. The number of hydrogen-bond acceptors (Lipinski definition) is 5. The van der Waals surface area contributed by atoms with Gasteiger partial charge in [-0.05, 0) is 30.2 Å². The van der Waals surface area contributed by atoms with E-state index in [4.69, 9.17) is 5.14 Å². The van der Waals surface area contributed by atoms with Gasteiger partial charge in [-0.2, -0.15) is 0 Å². The third-order valence-corrected chi connectivity index (χ3v) is 5.63. The molecule has 2 aromatic carbocycles. The highest BCUT2D eigenvalue weighted by Crippen LogP contribution is 2.32. The van der Waals surface area contributed by atoms with Gasteiger partial charge in [0.1, 0.15) is 12.1 Å². The summed E-state index contributed by atoms with van der Waals surface area (Å²) in [7, 11) is -3.93. The van der Waals surface area contributed by atoms with E-state index in [9.17, 15) is 22.8 Å². The number of imide groups is 1. The van der Waals surface area contributed by atoms with E-state index in [1.54, 1.807) is 37.3 Å². The van der Waals surface area contributed by atoms with Gasteiger partial charge in [-0.15, -0.1) is 0 Å². The van der Waals surface area contributed by atoms with Gasteiger partial charge < -0.3 is 10.6 Å². The van der Waals surface area contributed by atoms with Crippen LogP contribution in [0.1, 0.15) is 18.9 Å². The average molecular weight is 416 g/mol. The molecule has 4 N–H and O–H groups in total. The lowest BCUT2D eigenvalue weighted by Crippen LogP contribution is -2.44. The van der Waals surface area contributed by atoms with Crippen molar-refractivity contribution in [3.8, 4) is 0 Å². The minimum atomic E-state index is -3.93. The molecule has 1 saturated heterocycles. The van der Waals surface area contributed by atoms with Crippen LogP contribution >= 0.6 is 0 Å². The fraction of sp³-hybridized carbons (Fsp3) is 0.211. The fourth-order valence-corrected chi connectivity index (χ4v) is 3.79. The molecule has 0 unspecified atom stereocenters. The summed E-state index contributed by atoms with van der Waals surface area (Å²) < 4.78 is 22.9. The molecule has 29 heavy (non-hydrogen) atoms. The van der Waals surface area contributed by atoms with Gasteiger partial charge in [0, 0.05) is 5.69 Å². The first kappa shape index (κ1) is 20.5. The number of benzene rings is 2. The second-order valence-electron chi connectivity index (χ2n) is 6.57. The maximum atomic E-state index is 13.0. The fourth-order valence-electron chi connectivity index (χ4n) is 3.23. The van der Waals surface area contributed by atoms with E-state index in [2.05, 4.69) is 10.6 Å². The van der Waals surface area contributed by atoms with Crippen LogP contribution < -0.4 is 15.8 Å². The number of nitrogens with one attached hydrogen (secondary N) is 2. The molecule has 0 bridgehead atoms. The van der Waals surface area contributed by atoms with Gasteiger partial charge in [-0.25, -0.2) is 18.4 Å². The molecule has 0 aliphatic carbocycles. The van der Waals surface area contributed by atoms with Crippen LogP contribution in [0.4, 0.5) is 10.5 Å². The topological polar surface area (TPSA) is 139 Å². The summed E-state index contributed by atoms with van der Waals surface area (Å²) in [6, 6.07) is 13.5. The third-order valence-electron chi connectivity index (χ3n) is 4.72. The highest BCUT2D eigenvalue weighted by atomic mass is 32.2. The number of urea groups is 1. The van der Waals surface area contributed by atoms with Crippen molar-refractivity contribution >= 4 is 33.6 Å². The number of nitrogens with two attached hydrogens (primary N) is 1. The molecule has 0 saturated carbocycles. The Labute approximate surface area is 167 Å². The van der Waals surface area contributed by atoms with E-state index in [1.165, 1.54) is 24.3 Å². The Kier molecular flexibility index (Phi) is 5.40. The summed E-state index contributed by atoms with van der Waals surface area (Å²) in [5, 5.41) is 10.2. The molecule has 1 fully saturated rings. The van der Waals surface area contributed by atoms with Crippen LogP contribution in [-0.2, 0) is 25.2 Å². The molecule has 1 aliphatic heterocycles. The Hall–Kier alpha value is -3.24. The van der Waals surface area contributed by atoms with E-state index in [-0.39, 0.29) is 10.6 Å². The first-order valence-electron chi connectivity index (χ1n) is 8.80. The first-order valence-corrected chi connectivity index (χ1v) is 10.3. The maximum Gasteiger partial charge on any atom is 0.325 e. The highest BCUT2D eigenvalue weighted by Gasteiger charge is 2.51. The number of sulfonamides is 1. The zero-order valence-corrected chi connectivity index (χ0v) is 16.4. The summed E-state index contributed by atoms with van der Waals surface area (Å²) in [4.78, 5) is 38.5. The number of anilines is 1. The van der Waals surface area contributed by atoms with E-state index < -0.39 is 40.0 Å². The zero-order valence-electron chi connectivity index (χ0n) is 15.6. The number of carbonyl (C=O) groups excluding carboxylic acids is 3. The first-order chi connectivity index (χ1) is 13.7. The summed E-state index contributed by atoms with van der Waals surface area (Å²) >= 11 is 0. The molecular weight excluding hydrogens is 396 g/mol. The van der Waals surface area contributed by atoms with Crippen LogP contribution in [0.25, 0.3) is 0 Å². The highest BCUT2D eigenvalue weighted by molar-refractivity contribution is 7.89. The molecule has 0 aromatic heterocycles. The Morgan fingerprint density at radius 2 is 1.83 bits per heavy atom. The Morgan fingerprint density at radius 3 is 2.45 bits per heavy atom. The van der Waals surface area contributed by atoms with E-state index >= 15 is 0 Å². The summed E-state index contributed by atoms with van der Waals surface area (Å²) in [6.45, 7) is 1.26. The molecule has 152 valence electrons. The summed E-state index contributed by atoms with van der Waals surface area (Å²) in [6.07, 6.45) is 0.316. The van der Waals surface area contributed by atoms with Crippen molar-refractivity contribution in [2.45, 2.75) is 23.8 Å². The molecule has 4 amide bonds. The number of hydrogen-bond donors (Lipinski definition) is 3. The predicted molar refractivity (Wildman–Crippen MR) is 105 cm³/mol. The van der Waals surface area contributed by atoms with Crippen molar-refractivity contribution in [1.82, 2.24) is 10.2 Å². The number of primary sulfonamides is 1. The van der Waals surface area contributed by atoms with Crippen molar-refractivity contribution < 1.29 is 22.8 Å². The molecule has 2 aromatic rings. The molecule has 0 radical (unpaired) electrons. The monoisotopic (exact) mass is 416 g/mol. The van der Waals surface area contributed by atoms with Gasteiger partial charge >= 0.3 is 6.03 Å². The second kappa shape index (κ2) is 7.64. The average Bonchev–Trinajstić information content (AvgIpc) is 2.93. The van der Waals surface area contributed by atoms with Gasteiger partial charge in [-0.1, -0.05) is 43.3 Å². The van der Waals surface area contributed by atoms with E-state index in [0.29, 0.717) is 12.0 Å². The van der Waals surface area contributed by atoms with Gasteiger partial charge in [0.25, 0.3) is 5.91 Å². The van der Waals surface area contributed by atoms with Crippen LogP contribution in [0.3, 0.4) is 0 Å². The molecule has 10 heteroatoms. The predicted octanol–water partition coefficient (Wildman–Crippen LogP) is 1.13. The molecule has 1 aliphatic rings. The van der Waals surface area contributed by atoms with Crippen molar-refractivity contribution in [3.05, 3.63) is 60.2 Å². The lowest BCUT2D eigenvalue weighted by atomic mass is 9.87. The van der Waals surface area contributed by atoms with Gasteiger partial charge in [0.05, 0.1) is 4.90 Å². The largest absolute Gasteiger partial charge is 0.325 e. The molecule has 0 spiro atoms. The number of amides is 4. The SMILES string of the molecule is CC[C@]1(c2ccccc2)NC(=O)N(CC(=O)Nc2cccc(S(N)(=O)=O)c2)C1=O. The minimum Gasteiger partial charge on any atom is -0.324 e. The lowest BCUT2D eigenvalue weighted by Gasteiger charge is -2.25. The van der Waals surface area contributed by atoms with Crippen LogP contribution in [0.2, 0.25) is 0 Å². The number of carbonyl (C=O) groups is 3. The molecule has 9 nitrogen and oxygen atoms in total. The smallest absolute Gasteiger partial charge is 0.324 e. The van der Waals surface area contributed by atoms with Crippen LogP contribution in [0.15, 0.2) is 59.5 Å². The molecule has 3 rings (SSSR count). The van der Waals surface area contributed by atoms with Gasteiger partial charge in [-0.3, -0.25) is 14.5 Å². The minimum absolute atomic E-state index is 0.167. The quantitative estimate of drug-likeness (QED) is 0.606. The zero-order chi connectivity index (χ0) is 21.2. The van der Waals surface area contributed by atoms with Crippen LogP contribution in [0.5, 0.6) is 0 Å². The Bertz CT molecular complexity index is 1070. The number of rotatable bonds is 6. The van der Waals surface area contributed by atoms with Crippen LogP contribution in [0, 0.1) is 0 Å².